The fourth-order valence-electron chi connectivity index (χ4n) is 1.70. The number of nitrogen functional groups attached to an aromatic ring is 1. The fraction of sp³-hybridized carbons (Fsp3) is 0.571. The summed E-state index contributed by atoms with van der Waals surface area (Å²) in [6.07, 6.45) is 3.24. The molecule has 0 fully saturated rings. The quantitative estimate of drug-likeness (QED) is 0.725. The molecular formula is C14H23FN2O2S. The highest BCUT2D eigenvalue weighted by Gasteiger charge is 2.11. The van der Waals surface area contributed by atoms with Gasteiger partial charge in [-0.15, -0.1) is 0 Å². The maximum absolute atomic E-state index is 13.7. The Morgan fingerprint density at radius 2 is 2.20 bits per heavy atom. The van der Waals surface area contributed by atoms with Gasteiger partial charge >= 0.3 is 0 Å². The number of halogens is 1. The number of hydrogen-bond acceptors (Lipinski definition) is 4. The number of ether oxygens (including phenoxy) is 1. The molecule has 114 valence electrons. The fourth-order valence-corrected chi connectivity index (χ4v) is 2.38. The number of anilines is 2. The van der Waals surface area contributed by atoms with Gasteiger partial charge in [-0.1, -0.05) is 6.92 Å². The number of nitrogens with one attached hydrogen (secondary N) is 1. The molecule has 0 aromatic heterocycles. The van der Waals surface area contributed by atoms with Gasteiger partial charge < -0.3 is 15.8 Å². The molecular weight excluding hydrogens is 279 g/mol. The van der Waals surface area contributed by atoms with Crippen molar-refractivity contribution < 1.29 is 13.3 Å². The summed E-state index contributed by atoms with van der Waals surface area (Å²) in [6.45, 7) is 4.40. The molecule has 4 nitrogen and oxygen atoms in total. The van der Waals surface area contributed by atoms with Crippen LogP contribution in [0.5, 0.6) is 5.75 Å². The largest absolute Gasteiger partial charge is 0.490 e. The number of nitrogens with two attached hydrogens (primary N) is 1. The summed E-state index contributed by atoms with van der Waals surface area (Å²) in [5, 5.41) is 3.20. The minimum absolute atomic E-state index is 0.102. The van der Waals surface area contributed by atoms with Crippen LogP contribution in [0.25, 0.3) is 0 Å². The molecule has 0 saturated carbocycles. The maximum atomic E-state index is 13.7. The van der Waals surface area contributed by atoms with Crippen LogP contribution >= 0.6 is 0 Å². The first kappa shape index (κ1) is 16.8. The first-order valence-electron chi connectivity index (χ1n) is 6.72. The summed E-state index contributed by atoms with van der Waals surface area (Å²) in [7, 11) is -0.818. The summed E-state index contributed by atoms with van der Waals surface area (Å²) in [5.74, 6) is 0.368. The van der Waals surface area contributed by atoms with Gasteiger partial charge in [0.05, 0.1) is 18.0 Å². The number of hydrogen-bond donors (Lipinski definition) is 2. The smallest absolute Gasteiger partial charge is 0.167 e. The molecule has 1 aromatic rings. The van der Waals surface area contributed by atoms with Crippen LogP contribution in [0.2, 0.25) is 0 Å². The second-order valence-electron chi connectivity index (χ2n) is 4.83. The molecule has 0 saturated heterocycles. The van der Waals surface area contributed by atoms with Gasteiger partial charge in [-0.05, 0) is 19.8 Å². The zero-order chi connectivity index (χ0) is 15.1. The zero-order valence-electron chi connectivity index (χ0n) is 12.2. The van der Waals surface area contributed by atoms with Crippen molar-refractivity contribution in [1.29, 1.82) is 0 Å². The van der Waals surface area contributed by atoms with Gasteiger partial charge in [0.1, 0.15) is 0 Å². The van der Waals surface area contributed by atoms with Gasteiger partial charge in [-0.3, -0.25) is 4.21 Å². The second kappa shape index (κ2) is 8.09. The molecule has 0 aliphatic heterocycles. The Morgan fingerprint density at radius 1 is 1.50 bits per heavy atom. The van der Waals surface area contributed by atoms with E-state index in [9.17, 15) is 8.60 Å². The molecule has 1 rings (SSSR count). The van der Waals surface area contributed by atoms with E-state index >= 15 is 0 Å². The van der Waals surface area contributed by atoms with E-state index in [0.29, 0.717) is 23.7 Å². The SMILES string of the molecule is CCCOc1cc(NC(C)CCS(C)=O)c(N)cc1F. The Bertz CT molecular complexity index is 469. The van der Waals surface area contributed by atoms with Crippen LogP contribution < -0.4 is 15.8 Å². The highest BCUT2D eigenvalue weighted by molar-refractivity contribution is 7.84. The lowest BCUT2D eigenvalue weighted by Gasteiger charge is -2.18. The molecule has 6 heteroatoms. The third kappa shape index (κ3) is 5.36. The summed E-state index contributed by atoms with van der Waals surface area (Å²) in [5.41, 5.74) is 6.79. The average Bonchev–Trinajstić information content (AvgIpc) is 2.38. The highest BCUT2D eigenvalue weighted by Crippen LogP contribution is 2.29. The Labute approximate surface area is 122 Å². The van der Waals surface area contributed by atoms with Crippen molar-refractivity contribution in [2.24, 2.45) is 0 Å². The maximum Gasteiger partial charge on any atom is 0.167 e. The predicted octanol–water partition coefficient (Wildman–Crippen LogP) is 2.77. The normalized spacial score (nSPS) is 13.8. The molecule has 1 aromatic carbocycles. The molecule has 2 atom stereocenters. The van der Waals surface area contributed by atoms with E-state index in [-0.39, 0.29) is 11.8 Å². The van der Waals surface area contributed by atoms with Crippen molar-refractivity contribution in [2.45, 2.75) is 32.7 Å². The van der Waals surface area contributed by atoms with Crippen molar-refractivity contribution in [1.82, 2.24) is 0 Å². The van der Waals surface area contributed by atoms with Gasteiger partial charge in [-0.25, -0.2) is 4.39 Å². The van der Waals surface area contributed by atoms with E-state index in [1.807, 2.05) is 13.8 Å². The molecule has 0 aliphatic rings. The van der Waals surface area contributed by atoms with Crippen LogP contribution in [0.15, 0.2) is 12.1 Å². The van der Waals surface area contributed by atoms with Gasteiger partial charge in [0.2, 0.25) is 0 Å². The van der Waals surface area contributed by atoms with Gasteiger partial charge in [0.15, 0.2) is 11.6 Å². The van der Waals surface area contributed by atoms with Crippen LogP contribution in [-0.4, -0.2) is 28.9 Å². The summed E-state index contributed by atoms with van der Waals surface area (Å²) in [4.78, 5) is 0. The van der Waals surface area contributed by atoms with Gasteiger partial charge in [-0.2, -0.15) is 0 Å². The Hall–Kier alpha value is -1.30. The molecule has 0 radical (unpaired) electrons. The lowest BCUT2D eigenvalue weighted by atomic mass is 10.2. The van der Waals surface area contributed by atoms with Crippen molar-refractivity contribution in [3.63, 3.8) is 0 Å². The summed E-state index contributed by atoms with van der Waals surface area (Å²) in [6, 6.07) is 2.95. The molecule has 0 bridgehead atoms. The second-order valence-corrected chi connectivity index (χ2v) is 6.38. The average molecular weight is 302 g/mol. The molecule has 2 unspecified atom stereocenters. The number of rotatable bonds is 8. The Morgan fingerprint density at radius 3 is 2.80 bits per heavy atom. The van der Waals surface area contributed by atoms with E-state index in [2.05, 4.69) is 5.32 Å². The lowest BCUT2D eigenvalue weighted by molar-refractivity contribution is 0.301. The molecule has 0 amide bonds. The van der Waals surface area contributed by atoms with Gasteiger partial charge in [0.25, 0.3) is 0 Å². The van der Waals surface area contributed by atoms with Crippen LogP contribution in [0.3, 0.4) is 0 Å². The topological polar surface area (TPSA) is 64.3 Å². The lowest BCUT2D eigenvalue weighted by Crippen LogP contribution is -2.19. The molecule has 20 heavy (non-hydrogen) atoms. The third-order valence-electron chi connectivity index (χ3n) is 2.81. The Balaban J connectivity index is 2.75. The van der Waals surface area contributed by atoms with E-state index in [1.165, 1.54) is 6.07 Å². The molecule has 3 N–H and O–H groups in total. The first-order valence-corrected chi connectivity index (χ1v) is 8.45. The van der Waals surface area contributed by atoms with Crippen molar-refractivity contribution >= 4 is 22.2 Å². The molecule has 0 aliphatic carbocycles. The highest BCUT2D eigenvalue weighted by atomic mass is 32.2. The zero-order valence-corrected chi connectivity index (χ0v) is 13.1. The monoisotopic (exact) mass is 302 g/mol. The van der Waals surface area contributed by atoms with E-state index in [0.717, 1.165) is 12.8 Å². The summed E-state index contributed by atoms with van der Waals surface area (Å²) < 4.78 is 30.1. The predicted molar refractivity (Wildman–Crippen MR) is 83.2 cm³/mol. The third-order valence-corrected chi connectivity index (χ3v) is 3.62. The number of benzene rings is 1. The van der Waals surface area contributed by atoms with E-state index in [4.69, 9.17) is 10.5 Å². The molecule has 0 heterocycles. The minimum Gasteiger partial charge on any atom is -0.490 e. The van der Waals surface area contributed by atoms with E-state index < -0.39 is 16.6 Å². The van der Waals surface area contributed by atoms with E-state index in [1.54, 1.807) is 12.3 Å². The van der Waals surface area contributed by atoms with Crippen molar-refractivity contribution in [3.8, 4) is 5.75 Å². The van der Waals surface area contributed by atoms with Crippen molar-refractivity contribution in [2.75, 3.05) is 29.7 Å². The first-order chi connectivity index (χ1) is 9.43. The summed E-state index contributed by atoms with van der Waals surface area (Å²) >= 11 is 0. The Kier molecular flexibility index (Phi) is 6.78. The van der Waals surface area contributed by atoms with Crippen molar-refractivity contribution in [3.05, 3.63) is 17.9 Å². The molecule has 0 spiro atoms. The van der Waals surface area contributed by atoms with Crippen LogP contribution in [0.4, 0.5) is 15.8 Å². The van der Waals surface area contributed by atoms with Crippen LogP contribution in [-0.2, 0) is 10.8 Å². The standard InChI is InChI=1S/C14H23FN2O2S/c1-4-6-19-14-9-13(12(16)8-11(14)15)17-10(2)5-7-20(3)18/h8-10,17H,4-7,16H2,1-3H3. The van der Waals surface area contributed by atoms with Crippen LogP contribution in [0, 0.1) is 5.82 Å². The van der Waals surface area contributed by atoms with Crippen LogP contribution in [0.1, 0.15) is 26.7 Å². The van der Waals surface area contributed by atoms with Gasteiger partial charge in [0, 0.05) is 41.0 Å². The minimum atomic E-state index is -0.818.